The van der Waals surface area contributed by atoms with Gasteiger partial charge in [-0.25, -0.2) is 4.79 Å². The van der Waals surface area contributed by atoms with Crippen LogP contribution in [0.3, 0.4) is 0 Å². The maximum absolute atomic E-state index is 11.6. The first kappa shape index (κ1) is 14.2. The molecule has 3 nitrogen and oxygen atoms in total. The van der Waals surface area contributed by atoms with Gasteiger partial charge in [0.15, 0.2) is 0 Å². The van der Waals surface area contributed by atoms with Gasteiger partial charge in [-0.15, -0.1) is 0 Å². The second-order valence-corrected chi connectivity index (χ2v) is 6.41. The molecule has 0 saturated heterocycles. The van der Waals surface area contributed by atoms with Crippen LogP contribution in [0.2, 0.25) is 5.02 Å². The van der Waals surface area contributed by atoms with Crippen LogP contribution in [-0.4, -0.2) is 11.7 Å². The number of carbonyl (C=O) groups excluding carboxylic acids is 1. The fraction of sp³-hybridized carbons (Fsp3) is 0.533. The Morgan fingerprint density at radius 3 is 2.68 bits per heavy atom. The fourth-order valence-corrected chi connectivity index (χ4v) is 2.16. The molecule has 0 heterocycles. The summed E-state index contributed by atoms with van der Waals surface area (Å²) in [5.74, 6) is 0.606. The largest absolute Gasteiger partial charge is 0.444 e. The van der Waals surface area contributed by atoms with Crippen molar-refractivity contribution >= 4 is 17.7 Å². The SMILES string of the molecule is CC(C)(C)OC(=O)NCc1ccc(Cl)cc1C1CC1. The zero-order valence-electron chi connectivity index (χ0n) is 11.6. The van der Waals surface area contributed by atoms with E-state index in [0.717, 1.165) is 10.6 Å². The molecule has 1 amide bonds. The van der Waals surface area contributed by atoms with Crippen molar-refractivity contribution in [2.24, 2.45) is 0 Å². The lowest BCUT2D eigenvalue weighted by Gasteiger charge is -2.20. The van der Waals surface area contributed by atoms with Crippen molar-refractivity contribution in [2.45, 2.75) is 51.7 Å². The minimum absolute atomic E-state index is 0.385. The van der Waals surface area contributed by atoms with E-state index >= 15 is 0 Å². The van der Waals surface area contributed by atoms with Crippen molar-refractivity contribution in [3.05, 3.63) is 34.3 Å². The van der Waals surface area contributed by atoms with Crippen LogP contribution in [0.15, 0.2) is 18.2 Å². The molecule has 1 aromatic carbocycles. The van der Waals surface area contributed by atoms with E-state index in [1.54, 1.807) is 0 Å². The summed E-state index contributed by atoms with van der Waals surface area (Å²) < 4.78 is 5.22. The van der Waals surface area contributed by atoms with Gasteiger partial charge in [-0.3, -0.25) is 0 Å². The summed E-state index contributed by atoms with van der Waals surface area (Å²) in [6.45, 7) is 6.04. The molecule has 0 atom stereocenters. The number of carbonyl (C=O) groups is 1. The van der Waals surface area contributed by atoms with Crippen LogP contribution in [0.1, 0.15) is 50.7 Å². The second-order valence-electron chi connectivity index (χ2n) is 5.97. The van der Waals surface area contributed by atoms with Crippen LogP contribution in [0, 0.1) is 0 Å². The number of nitrogens with one attached hydrogen (secondary N) is 1. The first-order valence-corrected chi connectivity index (χ1v) is 6.98. The molecule has 1 aliphatic carbocycles. The van der Waals surface area contributed by atoms with E-state index in [-0.39, 0.29) is 6.09 Å². The Labute approximate surface area is 119 Å². The van der Waals surface area contributed by atoms with E-state index in [1.807, 2.05) is 39.0 Å². The summed E-state index contributed by atoms with van der Waals surface area (Å²) in [6.07, 6.45) is 2.03. The number of hydrogen-bond acceptors (Lipinski definition) is 2. The van der Waals surface area contributed by atoms with Gasteiger partial charge in [0, 0.05) is 11.6 Å². The highest BCUT2D eigenvalue weighted by molar-refractivity contribution is 6.30. The number of benzene rings is 1. The maximum Gasteiger partial charge on any atom is 0.407 e. The molecule has 2 rings (SSSR count). The third kappa shape index (κ3) is 4.43. The number of hydrogen-bond donors (Lipinski definition) is 1. The fourth-order valence-electron chi connectivity index (χ4n) is 1.98. The summed E-state index contributed by atoms with van der Waals surface area (Å²) >= 11 is 6.03. The molecular weight excluding hydrogens is 262 g/mol. The first-order valence-electron chi connectivity index (χ1n) is 6.60. The third-order valence-corrected chi connectivity index (χ3v) is 3.18. The van der Waals surface area contributed by atoms with Crippen molar-refractivity contribution in [1.29, 1.82) is 0 Å². The predicted molar refractivity (Wildman–Crippen MR) is 76.5 cm³/mol. The van der Waals surface area contributed by atoms with Gasteiger partial charge < -0.3 is 10.1 Å². The molecule has 1 saturated carbocycles. The molecular formula is C15H20ClNO2. The lowest BCUT2D eigenvalue weighted by atomic mass is 10.0. The molecule has 1 aromatic rings. The number of ether oxygens (including phenoxy) is 1. The molecule has 1 N–H and O–H groups in total. The molecule has 0 aliphatic heterocycles. The van der Waals surface area contributed by atoms with Crippen LogP contribution in [-0.2, 0) is 11.3 Å². The molecule has 19 heavy (non-hydrogen) atoms. The molecule has 0 unspecified atom stereocenters. The summed E-state index contributed by atoms with van der Waals surface area (Å²) in [6, 6.07) is 5.85. The van der Waals surface area contributed by atoms with Crippen molar-refractivity contribution < 1.29 is 9.53 Å². The number of alkyl carbamates (subject to hydrolysis) is 1. The second kappa shape index (κ2) is 5.41. The van der Waals surface area contributed by atoms with Crippen LogP contribution >= 0.6 is 11.6 Å². The van der Waals surface area contributed by atoms with E-state index in [2.05, 4.69) is 5.32 Å². The van der Waals surface area contributed by atoms with E-state index < -0.39 is 5.60 Å². The van der Waals surface area contributed by atoms with Crippen molar-refractivity contribution in [2.75, 3.05) is 0 Å². The molecule has 0 radical (unpaired) electrons. The minimum Gasteiger partial charge on any atom is -0.444 e. The Morgan fingerprint density at radius 1 is 1.42 bits per heavy atom. The zero-order chi connectivity index (χ0) is 14.0. The van der Waals surface area contributed by atoms with Gasteiger partial charge in [-0.05, 0) is 62.8 Å². The van der Waals surface area contributed by atoms with E-state index in [1.165, 1.54) is 18.4 Å². The highest BCUT2D eigenvalue weighted by Gasteiger charge is 2.26. The van der Waals surface area contributed by atoms with Crippen molar-refractivity contribution in [1.82, 2.24) is 5.32 Å². The van der Waals surface area contributed by atoms with Gasteiger partial charge in [0.25, 0.3) is 0 Å². The first-order chi connectivity index (χ1) is 8.85. The van der Waals surface area contributed by atoms with Gasteiger partial charge in [0.1, 0.15) is 5.60 Å². The summed E-state index contributed by atoms with van der Waals surface area (Å²) in [7, 11) is 0. The van der Waals surface area contributed by atoms with Gasteiger partial charge in [-0.2, -0.15) is 0 Å². The van der Waals surface area contributed by atoms with Gasteiger partial charge >= 0.3 is 6.09 Å². The summed E-state index contributed by atoms with van der Waals surface area (Å²) in [5, 5.41) is 3.55. The summed E-state index contributed by atoms with van der Waals surface area (Å²) in [5.41, 5.74) is 1.91. The van der Waals surface area contributed by atoms with Crippen molar-refractivity contribution in [3.8, 4) is 0 Å². The lowest BCUT2D eigenvalue weighted by Crippen LogP contribution is -2.32. The zero-order valence-corrected chi connectivity index (χ0v) is 12.4. The Kier molecular flexibility index (Phi) is 4.04. The normalized spacial score (nSPS) is 15.2. The highest BCUT2D eigenvalue weighted by Crippen LogP contribution is 2.42. The molecule has 0 spiro atoms. The lowest BCUT2D eigenvalue weighted by molar-refractivity contribution is 0.0523. The molecule has 4 heteroatoms. The number of rotatable bonds is 3. The Hall–Kier alpha value is -1.22. The smallest absolute Gasteiger partial charge is 0.407 e. The third-order valence-electron chi connectivity index (χ3n) is 2.95. The minimum atomic E-state index is -0.469. The van der Waals surface area contributed by atoms with Crippen LogP contribution in [0.5, 0.6) is 0 Å². The van der Waals surface area contributed by atoms with Crippen LogP contribution in [0.25, 0.3) is 0 Å². The monoisotopic (exact) mass is 281 g/mol. The van der Waals surface area contributed by atoms with Gasteiger partial charge in [-0.1, -0.05) is 17.7 Å². The van der Waals surface area contributed by atoms with Crippen LogP contribution in [0.4, 0.5) is 4.79 Å². The van der Waals surface area contributed by atoms with E-state index in [0.29, 0.717) is 12.5 Å². The Morgan fingerprint density at radius 2 is 2.11 bits per heavy atom. The van der Waals surface area contributed by atoms with Gasteiger partial charge in [0.2, 0.25) is 0 Å². The number of amides is 1. The predicted octanol–water partition coefficient (Wildman–Crippen LogP) is 4.24. The quantitative estimate of drug-likeness (QED) is 0.900. The summed E-state index contributed by atoms with van der Waals surface area (Å²) in [4.78, 5) is 11.6. The molecule has 1 aliphatic rings. The Bertz CT molecular complexity index is 476. The topological polar surface area (TPSA) is 38.3 Å². The molecule has 104 valence electrons. The maximum atomic E-state index is 11.6. The number of halogens is 1. The molecule has 0 aromatic heterocycles. The average Bonchev–Trinajstić information content (AvgIpc) is 3.08. The van der Waals surface area contributed by atoms with Gasteiger partial charge in [0.05, 0.1) is 0 Å². The standard InChI is InChI=1S/C15H20ClNO2/c1-15(2,3)19-14(18)17-9-11-6-7-12(16)8-13(11)10-4-5-10/h6-8,10H,4-5,9H2,1-3H3,(H,17,18). The molecule has 1 fully saturated rings. The average molecular weight is 282 g/mol. The van der Waals surface area contributed by atoms with E-state index in [4.69, 9.17) is 16.3 Å². The highest BCUT2D eigenvalue weighted by atomic mass is 35.5. The van der Waals surface area contributed by atoms with Crippen molar-refractivity contribution in [3.63, 3.8) is 0 Å². The van der Waals surface area contributed by atoms with E-state index in [9.17, 15) is 4.79 Å². The molecule has 0 bridgehead atoms. The Balaban J connectivity index is 1.98. The van der Waals surface area contributed by atoms with Crippen LogP contribution < -0.4 is 5.32 Å².